The summed E-state index contributed by atoms with van der Waals surface area (Å²) < 4.78 is 5.11. The Labute approximate surface area is 148 Å². The van der Waals surface area contributed by atoms with Crippen molar-refractivity contribution in [3.8, 4) is 0 Å². The van der Waals surface area contributed by atoms with Crippen molar-refractivity contribution in [1.29, 1.82) is 0 Å². The zero-order valence-electron chi connectivity index (χ0n) is 13.2. The largest absolute Gasteiger partial charge is 0.450 e. The van der Waals surface area contributed by atoms with Gasteiger partial charge in [0.15, 0.2) is 5.78 Å². The molecule has 1 saturated heterocycles. The van der Waals surface area contributed by atoms with Gasteiger partial charge in [-0.25, -0.2) is 4.79 Å². The summed E-state index contributed by atoms with van der Waals surface area (Å²) >= 11 is 3.15. The number of ketones is 1. The van der Waals surface area contributed by atoms with Gasteiger partial charge in [-0.1, -0.05) is 0 Å². The summed E-state index contributed by atoms with van der Waals surface area (Å²) in [6.07, 6.45) is 3.31. The van der Waals surface area contributed by atoms with Gasteiger partial charge in [0.25, 0.3) is 0 Å². The van der Waals surface area contributed by atoms with E-state index in [0.717, 1.165) is 11.1 Å². The number of thiophene rings is 2. The van der Waals surface area contributed by atoms with Crippen LogP contribution in [0.4, 0.5) is 4.79 Å². The maximum Gasteiger partial charge on any atom is 0.410 e. The van der Waals surface area contributed by atoms with Crippen LogP contribution in [-0.4, -0.2) is 36.5 Å². The average molecular weight is 359 g/mol. The Morgan fingerprint density at radius 1 is 1.12 bits per heavy atom. The second-order valence-corrected chi connectivity index (χ2v) is 6.90. The van der Waals surface area contributed by atoms with Crippen LogP contribution < -0.4 is 0 Å². The first kappa shape index (κ1) is 16.7. The lowest BCUT2D eigenvalue weighted by Crippen LogP contribution is -2.41. The number of amides is 1. The van der Waals surface area contributed by atoms with Crippen molar-refractivity contribution < 1.29 is 14.3 Å². The van der Waals surface area contributed by atoms with Crippen LogP contribution >= 0.6 is 22.7 Å². The number of piperidine rings is 1. The number of Topliss-reactive ketones (excluding diaryl/α,β-unsaturated/α-hetero) is 1. The maximum absolute atomic E-state index is 12.8. The van der Waals surface area contributed by atoms with Crippen LogP contribution in [0.25, 0.3) is 12.2 Å². The number of carbonyl (C=O) groups is 2. The molecule has 1 amide bonds. The van der Waals surface area contributed by atoms with E-state index in [4.69, 9.17) is 4.74 Å². The van der Waals surface area contributed by atoms with E-state index in [2.05, 4.69) is 0 Å². The summed E-state index contributed by atoms with van der Waals surface area (Å²) in [5.41, 5.74) is 3.16. The van der Waals surface area contributed by atoms with Gasteiger partial charge in [0.1, 0.15) is 0 Å². The van der Waals surface area contributed by atoms with Gasteiger partial charge < -0.3 is 4.74 Å². The van der Waals surface area contributed by atoms with E-state index < -0.39 is 6.09 Å². The third-order valence-electron chi connectivity index (χ3n) is 3.60. The highest BCUT2D eigenvalue weighted by atomic mass is 32.1. The Hall–Kier alpha value is -2.18. The molecule has 0 aliphatic carbocycles. The molecule has 124 valence electrons. The van der Waals surface area contributed by atoms with Crippen LogP contribution in [0.15, 0.2) is 44.8 Å². The van der Waals surface area contributed by atoms with Crippen molar-refractivity contribution in [2.75, 3.05) is 19.7 Å². The van der Waals surface area contributed by atoms with Gasteiger partial charge in [-0.05, 0) is 63.9 Å². The van der Waals surface area contributed by atoms with Gasteiger partial charge in [-0.15, -0.1) is 0 Å². The molecule has 1 aliphatic heterocycles. The third kappa shape index (κ3) is 3.83. The Morgan fingerprint density at radius 3 is 2.08 bits per heavy atom. The summed E-state index contributed by atoms with van der Waals surface area (Å²) in [5, 5.41) is 7.88. The summed E-state index contributed by atoms with van der Waals surface area (Å²) in [6, 6.07) is 3.91. The zero-order chi connectivity index (χ0) is 16.9. The molecule has 24 heavy (non-hydrogen) atoms. The van der Waals surface area contributed by atoms with Crippen molar-refractivity contribution in [2.24, 2.45) is 0 Å². The second kappa shape index (κ2) is 7.59. The monoisotopic (exact) mass is 359 g/mol. The van der Waals surface area contributed by atoms with E-state index in [9.17, 15) is 9.59 Å². The number of likely N-dealkylation sites (tertiary alicyclic amines) is 1. The molecular weight excluding hydrogens is 342 g/mol. The zero-order valence-corrected chi connectivity index (χ0v) is 14.9. The van der Waals surface area contributed by atoms with Crippen molar-refractivity contribution in [3.05, 3.63) is 55.9 Å². The van der Waals surface area contributed by atoms with Crippen molar-refractivity contribution in [2.45, 2.75) is 6.92 Å². The maximum atomic E-state index is 12.8. The first-order valence-electron chi connectivity index (χ1n) is 7.59. The van der Waals surface area contributed by atoms with E-state index in [-0.39, 0.29) is 18.9 Å². The van der Waals surface area contributed by atoms with E-state index in [1.54, 1.807) is 34.5 Å². The summed E-state index contributed by atoms with van der Waals surface area (Å²) in [4.78, 5) is 26.5. The van der Waals surface area contributed by atoms with Gasteiger partial charge in [0, 0.05) is 11.1 Å². The minimum absolute atomic E-state index is 0.00653. The van der Waals surface area contributed by atoms with E-state index in [1.165, 1.54) is 0 Å². The highest BCUT2D eigenvalue weighted by Gasteiger charge is 2.29. The number of hydrogen-bond acceptors (Lipinski definition) is 5. The number of carbonyl (C=O) groups excluding carboxylic acids is 2. The Balaban J connectivity index is 1.93. The summed E-state index contributed by atoms with van der Waals surface area (Å²) in [7, 11) is 0. The van der Waals surface area contributed by atoms with Gasteiger partial charge >= 0.3 is 6.09 Å². The lowest BCUT2D eigenvalue weighted by Gasteiger charge is -2.29. The predicted octanol–water partition coefficient (Wildman–Crippen LogP) is 4.32. The Morgan fingerprint density at radius 2 is 1.67 bits per heavy atom. The average Bonchev–Trinajstić information content (AvgIpc) is 3.25. The van der Waals surface area contributed by atoms with Gasteiger partial charge in [0.05, 0.1) is 19.7 Å². The highest BCUT2D eigenvalue weighted by Crippen LogP contribution is 2.23. The molecule has 0 saturated carbocycles. The normalized spacial score (nSPS) is 18.4. The summed E-state index contributed by atoms with van der Waals surface area (Å²) in [6.45, 7) is 2.64. The first-order chi connectivity index (χ1) is 11.7. The molecule has 2 aromatic heterocycles. The van der Waals surface area contributed by atoms with Crippen LogP contribution in [0.5, 0.6) is 0 Å². The second-order valence-electron chi connectivity index (χ2n) is 5.34. The molecule has 6 heteroatoms. The third-order valence-corrected chi connectivity index (χ3v) is 5.00. The molecule has 0 bridgehead atoms. The molecule has 0 aromatic carbocycles. The van der Waals surface area contributed by atoms with Crippen molar-refractivity contribution >= 4 is 46.7 Å². The molecular formula is C18H17NO3S2. The smallest absolute Gasteiger partial charge is 0.410 e. The quantitative estimate of drug-likeness (QED) is 0.767. The number of rotatable bonds is 3. The lowest BCUT2D eigenvalue weighted by atomic mass is 9.95. The van der Waals surface area contributed by atoms with E-state index >= 15 is 0 Å². The fourth-order valence-corrected chi connectivity index (χ4v) is 3.74. The molecule has 3 heterocycles. The van der Waals surface area contributed by atoms with Crippen molar-refractivity contribution in [3.63, 3.8) is 0 Å². The molecule has 0 radical (unpaired) electrons. The van der Waals surface area contributed by atoms with Crippen LogP contribution in [0.1, 0.15) is 18.1 Å². The number of hydrogen-bond donors (Lipinski definition) is 0. The SMILES string of the molecule is CCOC(=O)N1C/C(=C/c2ccsc2)C(=O)/C(=C\c2ccsc2)C1. The van der Waals surface area contributed by atoms with Crippen LogP contribution in [-0.2, 0) is 9.53 Å². The van der Waals surface area contributed by atoms with Gasteiger partial charge in [-0.3, -0.25) is 9.69 Å². The van der Waals surface area contributed by atoms with Gasteiger partial charge in [-0.2, -0.15) is 22.7 Å². The minimum Gasteiger partial charge on any atom is -0.450 e. The number of ether oxygens (including phenoxy) is 1. The van der Waals surface area contributed by atoms with E-state index in [0.29, 0.717) is 17.8 Å². The molecule has 0 unspecified atom stereocenters. The van der Waals surface area contributed by atoms with Crippen molar-refractivity contribution in [1.82, 2.24) is 4.90 Å². The molecule has 3 rings (SSSR count). The minimum atomic E-state index is -0.391. The fourth-order valence-electron chi connectivity index (χ4n) is 2.50. The van der Waals surface area contributed by atoms with Crippen LogP contribution in [0.3, 0.4) is 0 Å². The molecule has 0 spiro atoms. The molecule has 1 fully saturated rings. The summed E-state index contributed by atoms with van der Waals surface area (Å²) in [5.74, 6) is -0.00653. The molecule has 1 aliphatic rings. The van der Waals surface area contributed by atoms with Crippen LogP contribution in [0.2, 0.25) is 0 Å². The lowest BCUT2D eigenvalue weighted by molar-refractivity contribution is -0.113. The Kier molecular flexibility index (Phi) is 5.27. The van der Waals surface area contributed by atoms with E-state index in [1.807, 2.05) is 45.8 Å². The first-order valence-corrected chi connectivity index (χ1v) is 9.48. The Bertz CT molecular complexity index is 717. The molecule has 0 atom stereocenters. The van der Waals surface area contributed by atoms with Crippen LogP contribution in [0, 0.1) is 0 Å². The molecule has 2 aromatic rings. The number of nitrogens with zero attached hydrogens (tertiary/aromatic N) is 1. The van der Waals surface area contributed by atoms with Gasteiger partial charge in [0.2, 0.25) is 0 Å². The fraction of sp³-hybridized carbons (Fsp3) is 0.222. The standard InChI is InChI=1S/C18H17NO3S2/c1-2-22-18(21)19-9-15(7-13-3-5-23-11-13)17(20)16(10-19)8-14-4-6-24-12-14/h3-8,11-12H,2,9-10H2,1H3/b15-7-,16-8-. The topological polar surface area (TPSA) is 46.6 Å². The molecule has 0 N–H and O–H groups in total. The highest BCUT2D eigenvalue weighted by molar-refractivity contribution is 7.08. The molecule has 4 nitrogen and oxygen atoms in total. The predicted molar refractivity (Wildman–Crippen MR) is 98.2 cm³/mol.